The molecule has 2 rings (SSSR count). The van der Waals surface area contributed by atoms with E-state index in [1.54, 1.807) is 17.3 Å². The second-order valence-electron chi connectivity index (χ2n) is 2.92. The normalized spacial score (nSPS) is 12.5. The maximum absolute atomic E-state index is 11.8. The lowest BCUT2D eigenvalue weighted by Gasteiger charge is -2.00. The molecule has 1 heterocycles. The lowest BCUT2D eigenvalue weighted by molar-refractivity contribution is 0.684. The Hall–Kier alpha value is -0.720. The van der Waals surface area contributed by atoms with Gasteiger partial charge in [0, 0.05) is 16.4 Å². The molecule has 0 spiro atoms. The van der Waals surface area contributed by atoms with Gasteiger partial charge in [-0.05, 0) is 12.1 Å². The molecule has 6 heteroatoms. The molecule has 1 aromatic carbocycles. The molecule has 0 bridgehead atoms. The van der Waals surface area contributed by atoms with Gasteiger partial charge in [-0.15, -0.1) is 10.2 Å². The number of rotatable bonds is 5. The van der Waals surface area contributed by atoms with Gasteiger partial charge in [-0.1, -0.05) is 41.3 Å². The van der Waals surface area contributed by atoms with Crippen LogP contribution in [-0.4, -0.2) is 25.9 Å². The second-order valence-corrected chi connectivity index (χ2v) is 6.66. The maximum Gasteiger partial charge on any atom is 0.174 e. The minimum absolute atomic E-state index is 0.647. The zero-order chi connectivity index (χ0) is 11.2. The van der Waals surface area contributed by atoms with E-state index in [1.165, 1.54) is 11.3 Å². The van der Waals surface area contributed by atoms with Crippen LogP contribution in [0.15, 0.2) is 45.1 Å². The molecule has 0 N–H and O–H groups in total. The molecule has 0 unspecified atom stereocenters. The Morgan fingerprint density at radius 3 is 2.81 bits per heavy atom. The first-order valence-corrected chi connectivity index (χ1v) is 7.87. The average molecular weight is 270 g/mol. The highest BCUT2D eigenvalue weighted by Crippen LogP contribution is 2.19. The van der Waals surface area contributed by atoms with Crippen molar-refractivity contribution in [3.8, 4) is 0 Å². The molecule has 2 aromatic rings. The van der Waals surface area contributed by atoms with Crippen LogP contribution >= 0.6 is 23.1 Å². The summed E-state index contributed by atoms with van der Waals surface area (Å²) >= 11 is 3.11. The molecule has 0 aliphatic carbocycles. The maximum atomic E-state index is 11.8. The van der Waals surface area contributed by atoms with Crippen LogP contribution in [0.1, 0.15) is 0 Å². The zero-order valence-corrected chi connectivity index (χ0v) is 10.9. The monoisotopic (exact) mass is 270 g/mol. The summed E-state index contributed by atoms with van der Waals surface area (Å²) in [6.45, 7) is 0. The van der Waals surface area contributed by atoms with Gasteiger partial charge in [-0.3, -0.25) is 4.21 Å². The Morgan fingerprint density at radius 1 is 1.31 bits per heavy atom. The van der Waals surface area contributed by atoms with Crippen molar-refractivity contribution in [1.29, 1.82) is 0 Å². The summed E-state index contributed by atoms with van der Waals surface area (Å²) in [6, 6.07) is 9.53. The van der Waals surface area contributed by atoms with Crippen molar-refractivity contribution in [3.63, 3.8) is 0 Å². The SMILES string of the molecule is O=[S@](CCSc1nncs1)c1ccccc1. The lowest BCUT2D eigenvalue weighted by Crippen LogP contribution is -2.00. The number of hydrogen-bond acceptors (Lipinski definition) is 5. The largest absolute Gasteiger partial charge is 0.254 e. The summed E-state index contributed by atoms with van der Waals surface area (Å²) in [4.78, 5) is 0.889. The van der Waals surface area contributed by atoms with Crippen molar-refractivity contribution in [2.45, 2.75) is 9.24 Å². The second kappa shape index (κ2) is 6.12. The minimum Gasteiger partial charge on any atom is -0.254 e. The molecule has 1 aromatic heterocycles. The Balaban J connectivity index is 1.81. The summed E-state index contributed by atoms with van der Waals surface area (Å²) < 4.78 is 12.8. The number of hydrogen-bond donors (Lipinski definition) is 0. The summed E-state index contributed by atoms with van der Waals surface area (Å²) in [5, 5.41) is 7.67. The van der Waals surface area contributed by atoms with E-state index in [-0.39, 0.29) is 0 Å². The molecule has 84 valence electrons. The van der Waals surface area contributed by atoms with Gasteiger partial charge in [0.1, 0.15) is 5.51 Å². The fourth-order valence-corrected chi connectivity index (χ4v) is 3.97. The van der Waals surface area contributed by atoms with Gasteiger partial charge >= 0.3 is 0 Å². The topological polar surface area (TPSA) is 42.9 Å². The van der Waals surface area contributed by atoms with E-state index in [9.17, 15) is 4.21 Å². The zero-order valence-electron chi connectivity index (χ0n) is 8.41. The third kappa shape index (κ3) is 3.40. The molecule has 0 saturated heterocycles. The molecule has 0 fully saturated rings. The van der Waals surface area contributed by atoms with Gasteiger partial charge in [0.25, 0.3) is 0 Å². The van der Waals surface area contributed by atoms with Gasteiger partial charge in [0.05, 0.1) is 10.8 Å². The first kappa shape index (κ1) is 11.8. The van der Waals surface area contributed by atoms with Crippen molar-refractivity contribution in [2.75, 3.05) is 11.5 Å². The molecular weight excluding hydrogens is 260 g/mol. The molecule has 3 nitrogen and oxygen atoms in total. The minimum atomic E-state index is -0.909. The first-order valence-electron chi connectivity index (χ1n) is 4.68. The van der Waals surface area contributed by atoms with Gasteiger partial charge in [-0.25, -0.2) is 0 Å². The molecule has 0 amide bonds. The van der Waals surface area contributed by atoms with Crippen LogP contribution in [0.4, 0.5) is 0 Å². The smallest absolute Gasteiger partial charge is 0.174 e. The van der Waals surface area contributed by atoms with Crippen molar-refractivity contribution in [1.82, 2.24) is 10.2 Å². The average Bonchev–Trinajstić information content (AvgIpc) is 2.83. The predicted octanol–water partition coefficient (Wildman–Crippen LogP) is 2.44. The summed E-state index contributed by atoms with van der Waals surface area (Å²) in [7, 11) is -0.909. The highest BCUT2D eigenvalue weighted by atomic mass is 32.2. The Morgan fingerprint density at radius 2 is 2.12 bits per heavy atom. The van der Waals surface area contributed by atoms with E-state index in [0.717, 1.165) is 15.0 Å². The Labute approximate surface area is 105 Å². The quantitative estimate of drug-likeness (QED) is 0.783. The summed E-state index contributed by atoms with van der Waals surface area (Å²) in [6.07, 6.45) is 0. The summed E-state index contributed by atoms with van der Waals surface area (Å²) in [5.74, 6) is 1.45. The van der Waals surface area contributed by atoms with E-state index in [0.29, 0.717) is 5.75 Å². The van der Waals surface area contributed by atoms with E-state index in [2.05, 4.69) is 10.2 Å². The van der Waals surface area contributed by atoms with Gasteiger partial charge < -0.3 is 0 Å². The fraction of sp³-hybridized carbons (Fsp3) is 0.200. The highest BCUT2D eigenvalue weighted by Gasteiger charge is 2.04. The van der Waals surface area contributed by atoms with Crippen LogP contribution in [0.5, 0.6) is 0 Å². The van der Waals surface area contributed by atoms with Crippen molar-refractivity contribution >= 4 is 33.9 Å². The Bertz CT molecular complexity index is 444. The van der Waals surface area contributed by atoms with Crippen LogP contribution in [0.2, 0.25) is 0 Å². The van der Waals surface area contributed by atoms with Crippen LogP contribution in [0.25, 0.3) is 0 Å². The molecule has 0 saturated carbocycles. The van der Waals surface area contributed by atoms with E-state index in [1.807, 2.05) is 30.3 Å². The Kier molecular flexibility index (Phi) is 4.50. The lowest BCUT2D eigenvalue weighted by atomic mass is 10.4. The van der Waals surface area contributed by atoms with Crippen LogP contribution in [0, 0.1) is 0 Å². The standard InChI is InChI=1S/C10H10N2OS3/c13-16(9-4-2-1-3-5-9)7-6-14-10-12-11-8-15-10/h1-5,8H,6-7H2/t16-/m1/s1. The molecule has 0 aliphatic heterocycles. The predicted molar refractivity (Wildman–Crippen MR) is 68.4 cm³/mol. The fourth-order valence-electron chi connectivity index (χ4n) is 1.12. The van der Waals surface area contributed by atoms with Crippen LogP contribution < -0.4 is 0 Å². The third-order valence-electron chi connectivity index (χ3n) is 1.84. The molecule has 0 radical (unpaired) electrons. The summed E-state index contributed by atoms with van der Waals surface area (Å²) in [5.41, 5.74) is 1.70. The van der Waals surface area contributed by atoms with E-state index in [4.69, 9.17) is 0 Å². The number of aromatic nitrogens is 2. The molecular formula is C10H10N2OS3. The van der Waals surface area contributed by atoms with E-state index < -0.39 is 10.8 Å². The number of thioether (sulfide) groups is 1. The van der Waals surface area contributed by atoms with Crippen molar-refractivity contribution in [3.05, 3.63) is 35.8 Å². The van der Waals surface area contributed by atoms with Gasteiger partial charge in [-0.2, -0.15) is 0 Å². The van der Waals surface area contributed by atoms with Crippen LogP contribution in [-0.2, 0) is 10.8 Å². The van der Waals surface area contributed by atoms with E-state index >= 15 is 0 Å². The van der Waals surface area contributed by atoms with Crippen molar-refractivity contribution < 1.29 is 4.21 Å². The highest BCUT2D eigenvalue weighted by molar-refractivity contribution is 8.01. The van der Waals surface area contributed by atoms with Gasteiger partial charge in [0.15, 0.2) is 4.34 Å². The number of benzene rings is 1. The molecule has 1 atom stereocenters. The molecule has 16 heavy (non-hydrogen) atoms. The number of nitrogens with zero attached hydrogens (tertiary/aromatic N) is 2. The first-order chi connectivity index (χ1) is 7.86. The third-order valence-corrected chi connectivity index (χ3v) is 5.33. The van der Waals surface area contributed by atoms with Crippen molar-refractivity contribution in [2.24, 2.45) is 0 Å². The van der Waals surface area contributed by atoms with Gasteiger partial charge in [0.2, 0.25) is 0 Å². The molecule has 0 aliphatic rings. The van der Waals surface area contributed by atoms with Crippen LogP contribution in [0.3, 0.4) is 0 Å².